The Morgan fingerprint density at radius 1 is 1.20 bits per heavy atom. The minimum atomic E-state index is -0.621. The first kappa shape index (κ1) is 24.9. The van der Waals surface area contributed by atoms with E-state index in [0.717, 1.165) is 25.2 Å². The third-order valence-electron chi connectivity index (χ3n) is 7.15. The van der Waals surface area contributed by atoms with E-state index in [9.17, 15) is 14.3 Å². The molecule has 1 aliphatic rings. The van der Waals surface area contributed by atoms with Crippen molar-refractivity contribution >= 4 is 22.5 Å². The molecule has 1 saturated carbocycles. The first-order valence-electron chi connectivity index (χ1n) is 12.2. The number of amides is 1. The summed E-state index contributed by atoms with van der Waals surface area (Å²) >= 11 is 0. The van der Waals surface area contributed by atoms with Gasteiger partial charge in [-0.15, -0.1) is 10.2 Å². The molecular formula is C27H34FN5O2. The van der Waals surface area contributed by atoms with Crippen LogP contribution >= 0.6 is 0 Å². The molecule has 3 N–H and O–H groups in total. The molecule has 1 amide bonds. The van der Waals surface area contributed by atoms with Crippen LogP contribution in [0, 0.1) is 5.82 Å². The number of hydrogen-bond acceptors (Lipinski definition) is 6. The highest BCUT2D eigenvalue weighted by atomic mass is 19.1. The monoisotopic (exact) mass is 479 g/mol. The topological polar surface area (TPSA) is 90.4 Å². The van der Waals surface area contributed by atoms with Crippen LogP contribution in [0.1, 0.15) is 56.3 Å². The van der Waals surface area contributed by atoms with Crippen LogP contribution in [-0.4, -0.2) is 53.4 Å². The van der Waals surface area contributed by atoms with Gasteiger partial charge in [0.05, 0.1) is 11.3 Å². The largest absolute Gasteiger partial charge is 0.507 e. The first-order chi connectivity index (χ1) is 16.7. The number of nitrogens with zero attached hydrogens (tertiary/aromatic N) is 3. The lowest BCUT2D eigenvalue weighted by Gasteiger charge is -2.36. The SMILES string of the molecule is CCN[C@@]1(C)CCCC[C@@H](N(C)c2ccc(-c3cc4cc(F)c(C(=O)NC)cc4cc3O)nn2)C1. The van der Waals surface area contributed by atoms with Gasteiger partial charge in [0.1, 0.15) is 11.6 Å². The summed E-state index contributed by atoms with van der Waals surface area (Å²) in [6.07, 6.45) is 5.71. The van der Waals surface area contributed by atoms with Crippen molar-refractivity contribution in [3.05, 3.63) is 47.8 Å². The van der Waals surface area contributed by atoms with Crippen LogP contribution in [0.4, 0.5) is 10.2 Å². The molecule has 3 aromatic rings. The van der Waals surface area contributed by atoms with Gasteiger partial charge >= 0.3 is 0 Å². The van der Waals surface area contributed by atoms with Gasteiger partial charge in [-0.2, -0.15) is 0 Å². The van der Waals surface area contributed by atoms with Crippen LogP contribution in [0.3, 0.4) is 0 Å². The van der Waals surface area contributed by atoms with Crippen LogP contribution in [0.2, 0.25) is 0 Å². The van der Waals surface area contributed by atoms with Crippen LogP contribution in [-0.2, 0) is 0 Å². The highest BCUT2D eigenvalue weighted by Gasteiger charge is 2.32. The fraction of sp³-hybridized carbons (Fsp3) is 0.444. The van der Waals surface area contributed by atoms with Crippen LogP contribution in [0.15, 0.2) is 36.4 Å². The molecular weight excluding hydrogens is 445 g/mol. The van der Waals surface area contributed by atoms with Gasteiger partial charge in [0.2, 0.25) is 0 Å². The molecule has 0 bridgehead atoms. The van der Waals surface area contributed by atoms with Crippen molar-refractivity contribution in [3.8, 4) is 17.0 Å². The van der Waals surface area contributed by atoms with Crippen molar-refractivity contribution < 1.29 is 14.3 Å². The predicted octanol–water partition coefficient (Wildman–Crippen LogP) is 4.64. The maximum atomic E-state index is 14.5. The Morgan fingerprint density at radius 3 is 2.66 bits per heavy atom. The van der Waals surface area contributed by atoms with Crippen LogP contribution < -0.4 is 15.5 Å². The number of hydrogen-bond donors (Lipinski definition) is 3. The molecule has 186 valence electrons. The Hall–Kier alpha value is -3.26. The number of carbonyl (C=O) groups is 1. The first-order valence-corrected chi connectivity index (χ1v) is 12.2. The van der Waals surface area contributed by atoms with Gasteiger partial charge in [0, 0.05) is 31.2 Å². The molecule has 1 fully saturated rings. The highest BCUT2D eigenvalue weighted by molar-refractivity contribution is 6.00. The molecule has 4 rings (SSSR count). The second kappa shape index (κ2) is 10.2. The zero-order valence-corrected chi connectivity index (χ0v) is 20.9. The number of anilines is 1. The maximum absolute atomic E-state index is 14.5. The Kier molecular flexibility index (Phi) is 7.21. The lowest BCUT2D eigenvalue weighted by Crippen LogP contribution is -2.47. The van der Waals surface area contributed by atoms with Gasteiger partial charge in [0.15, 0.2) is 5.82 Å². The molecule has 35 heavy (non-hydrogen) atoms. The fourth-order valence-corrected chi connectivity index (χ4v) is 5.20. The van der Waals surface area contributed by atoms with Crippen molar-refractivity contribution in [1.29, 1.82) is 0 Å². The second-order valence-electron chi connectivity index (χ2n) is 9.71. The second-order valence-corrected chi connectivity index (χ2v) is 9.71. The van der Waals surface area contributed by atoms with Crippen molar-refractivity contribution in [2.45, 2.75) is 57.5 Å². The Balaban J connectivity index is 1.60. The van der Waals surface area contributed by atoms with Crippen molar-refractivity contribution in [3.63, 3.8) is 0 Å². The van der Waals surface area contributed by atoms with Crippen molar-refractivity contribution in [1.82, 2.24) is 20.8 Å². The number of halogens is 1. The number of fused-ring (bicyclic) bond motifs is 1. The molecule has 1 aliphatic carbocycles. The summed E-state index contributed by atoms with van der Waals surface area (Å²) in [6.45, 7) is 5.41. The number of benzene rings is 2. The molecule has 0 unspecified atom stereocenters. The summed E-state index contributed by atoms with van der Waals surface area (Å²) in [7, 11) is 3.51. The minimum absolute atomic E-state index is 0.00690. The van der Waals surface area contributed by atoms with Gasteiger partial charge in [-0.1, -0.05) is 19.8 Å². The molecule has 8 heteroatoms. The van der Waals surface area contributed by atoms with Crippen molar-refractivity contribution in [2.24, 2.45) is 0 Å². The van der Waals surface area contributed by atoms with Crippen LogP contribution in [0.25, 0.3) is 22.0 Å². The molecule has 1 heterocycles. The number of nitrogens with one attached hydrogen (secondary N) is 2. The van der Waals surface area contributed by atoms with E-state index in [4.69, 9.17) is 0 Å². The maximum Gasteiger partial charge on any atom is 0.254 e. The average Bonchev–Trinajstić information content (AvgIpc) is 3.04. The van der Waals surface area contributed by atoms with E-state index in [1.54, 1.807) is 6.07 Å². The van der Waals surface area contributed by atoms with Crippen LogP contribution in [0.5, 0.6) is 5.75 Å². The van der Waals surface area contributed by atoms with Gasteiger partial charge < -0.3 is 20.6 Å². The van der Waals surface area contributed by atoms with E-state index in [1.165, 1.54) is 44.5 Å². The zero-order chi connectivity index (χ0) is 25.2. The Bertz CT molecular complexity index is 1220. The number of phenolic OH excluding ortho intramolecular Hbond substituents is 1. The smallest absolute Gasteiger partial charge is 0.254 e. The summed E-state index contributed by atoms with van der Waals surface area (Å²) in [5.74, 6) is -0.365. The average molecular weight is 480 g/mol. The summed E-state index contributed by atoms with van der Waals surface area (Å²) in [5, 5.41) is 26.7. The fourth-order valence-electron chi connectivity index (χ4n) is 5.20. The standard InChI is InChI=1S/C27H34FN5O2/c1-5-30-27(2)11-7-6-8-19(16-27)33(4)25-10-9-23(31-32-25)21-13-17-14-22(28)20(26(35)29-3)12-18(17)15-24(21)34/h9-10,12-15,19,30,34H,5-8,11,16H2,1-4H3,(H,29,35)/t19-,27+/m1/s1. The summed E-state index contributed by atoms with van der Waals surface area (Å²) < 4.78 is 14.5. The molecule has 0 aliphatic heterocycles. The quantitative estimate of drug-likeness (QED) is 0.447. The van der Waals surface area contributed by atoms with Gasteiger partial charge in [-0.3, -0.25) is 4.79 Å². The molecule has 2 atom stereocenters. The Morgan fingerprint density at radius 2 is 1.97 bits per heavy atom. The van der Waals surface area contributed by atoms with E-state index >= 15 is 0 Å². The number of aromatic nitrogens is 2. The van der Waals surface area contributed by atoms with Gasteiger partial charge in [0.25, 0.3) is 5.91 Å². The molecule has 0 saturated heterocycles. The molecule has 2 aromatic carbocycles. The predicted molar refractivity (Wildman–Crippen MR) is 137 cm³/mol. The molecule has 1 aromatic heterocycles. The number of phenols is 1. The third-order valence-corrected chi connectivity index (χ3v) is 7.15. The number of rotatable bonds is 6. The van der Waals surface area contributed by atoms with Gasteiger partial charge in [-0.05, 0) is 79.9 Å². The summed E-state index contributed by atoms with van der Waals surface area (Å²) in [4.78, 5) is 14.1. The minimum Gasteiger partial charge on any atom is -0.507 e. The zero-order valence-electron chi connectivity index (χ0n) is 20.9. The summed E-state index contributed by atoms with van der Waals surface area (Å²) in [6, 6.07) is 10.0. The Labute approximate surface area is 205 Å². The highest BCUT2D eigenvalue weighted by Crippen LogP contribution is 2.35. The number of carbonyl (C=O) groups excluding carboxylic acids is 1. The van der Waals surface area contributed by atoms with Gasteiger partial charge in [-0.25, -0.2) is 4.39 Å². The molecule has 0 radical (unpaired) electrons. The molecule has 7 nitrogen and oxygen atoms in total. The lowest BCUT2D eigenvalue weighted by molar-refractivity contribution is 0.0959. The number of aromatic hydroxyl groups is 1. The van der Waals surface area contributed by atoms with E-state index in [0.29, 0.717) is 28.1 Å². The van der Waals surface area contributed by atoms with Crippen molar-refractivity contribution in [2.75, 3.05) is 25.5 Å². The van der Waals surface area contributed by atoms with E-state index < -0.39 is 11.7 Å². The third kappa shape index (κ3) is 5.22. The lowest BCUT2D eigenvalue weighted by atomic mass is 9.90. The normalized spacial score (nSPS) is 20.4. The van der Waals surface area contributed by atoms with E-state index in [-0.39, 0.29) is 16.9 Å². The van der Waals surface area contributed by atoms with E-state index in [2.05, 4.69) is 46.6 Å². The van der Waals surface area contributed by atoms with E-state index in [1.807, 2.05) is 12.1 Å². The summed E-state index contributed by atoms with van der Waals surface area (Å²) in [5.41, 5.74) is 1.00. The molecule has 0 spiro atoms.